The number of para-hydroxylation sites is 1. The minimum Gasteiger partial charge on any atom is -0.357 e. The molecule has 100 valence electrons. The van der Waals surface area contributed by atoms with Gasteiger partial charge in [0.25, 0.3) is 0 Å². The standard InChI is InChI=1S/C14H14N6/c1-15-14-17-12-10(8-16-19-12)13(18-14)20-7-6-9-4-2-3-5-11(9)20/h2-5,8H,6-7H2,1H3,(H2,15,16,17,18,19). The van der Waals surface area contributed by atoms with Gasteiger partial charge >= 0.3 is 0 Å². The third-order valence-corrected chi connectivity index (χ3v) is 3.66. The van der Waals surface area contributed by atoms with Crippen molar-refractivity contribution in [3.8, 4) is 0 Å². The minimum atomic E-state index is 0.598. The van der Waals surface area contributed by atoms with Crippen molar-refractivity contribution in [3.05, 3.63) is 36.0 Å². The molecule has 4 rings (SSSR count). The van der Waals surface area contributed by atoms with Crippen LogP contribution < -0.4 is 10.2 Å². The molecule has 2 aromatic heterocycles. The number of aromatic nitrogens is 4. The number of fused-ring (bicyclic) bond motifs is 2. The van der Waals surface area contributed by atoms with Crippen LogP contribution in [0.4, 0.5) is 17.5 Å². The van der Waals surface area contributed by atoms with Crippen molar-refractivity contribution in [3.63, 3.8) is 0 Å². The first kappa shape index (κ1) is 11.2. The predicted molar refractivity (Wildman–Crippen MR) is 78.4 cm³/mol. The van der Waals surface area contributed by atoms with Crippen LogP contribution in [0.25, 0.3) is 11.0 Å². The van der Waals surface area contributed by atoms with E-state index in [-0.39, 0.29) is 0 Å². The summed E-state index contributed by atoms with van der Waals surface area (Å²) in [6.45, 7) is 0.930. The highest BCUT2D eigenvalue weighted by Crippen LogP contribution is 2.36. The summed E-state index contributed by atoms with van der Waals surface area (Å²) in [7, 11) is 1.82. The van der Waals surface area contributed by atoms with Crippen LogP contribution in [0, 0.1) is 0 Å². The third kappa shape index (κ3) is 1.54. The van der Waals surface area contributed by atoms with Crippen molar-refractivity contribution in [2.24, 2.45) is 0 Å². The number of anilines is 3. The molecule has 1 aliphatic rings. The Morgan fingerprint density at radius 2 is 2.15 bits per heavy atom. The van der Waals surface area contributed by atoms with Gasteiger partial charge in [0, 0.05) is 19.3 Å². The molecule has 0 amide bonds. The summed E-state index contributed by atoms with van der Waals surface area (Å²) in [6, 6.07) is 8.44. The van der Waals surface area contributed by atoms with E-state index in [0.29, 0.717) is 5.95 Å². The number of H-pyrrole nitrogens is 1. The molecule has 1 aliphatic heterocycles. The summed E-state index contributed by atoms with van der Waals surface area (Å²) in [5, 5.41) is 10.9. The van der Waals surface area contributed by atoms with Gasteiger partial charge < -0.3 is 10.2 Å². The molecule has 6 heteroatoms. The van der Waals surface area contributed by atoms with Crippen LogP contribution in [0.3, 0.4) is 0 Å². The maximum absolute atomic E-state index is 4.62. The average Bonchev–Trinajstić information content (AvgIpc) is 3.12. The summed E-state index contributed by atoms with van der Waals surface area (Å²) in [6.07, 6.45) is 2.82. The lowest BCUT2D eigenvalue weighted by Crippen LogP contribution is -2.16. The fourth-order valence-corrected chi connectivity index (χ4v) is 2.70. The number of hydrogen-bond acceptors (Lipinski definition) is 5. The Balaban J connectivity index is 1.93. The van der Waals surface area contributed by atoms with Crippen LogP contribution in [0.5, 0.6) is 0 Å². The van der Waals surface area contributed by atoms with Gasteiger partial charge in [-0.15, -0.1) is 0 Å². The zero-order chi connectivity index (χ0) is 13.5. The van der Waals surface area contributed by atoms with Gasteiger partial charge in [0.15, 0.2) is 5.65 Å². The first-order valence-electron chi connectivity index (χ1n) is 6.61. The molecular formula is C14H14N6. The molecule has 1 aromatic carbocycles. The Morgan fingerprint density at radius 3 is 3.05 bits per heavy atom. The molecule has 2 N–H and O–H groups in total. The van der Waals surface area contributed by atoms with E-state index < -0.39 is 0 Å². The molecular weight excluding hydrogens is 252 g/mol. The Hall–Kier alpha value is -2.63. The van der Waals surface area contributed by atoms with Crippen LogP contribution >= 0.6 is 0 Å². The van der Waals surface area contributed by atoms with E-state index in [1.807, 2.05) is 7.05 Å². The molecule has 0 aliphatic carbocycles. The van der Waals surface area contributed by atoms with E-state index in [4.69, 9.17) is 0 Å². The predicted octanol–water partition coefficient (Wildman–Crippen LogP) is 2.09. The number of aromatic amines is 1. The van der Waals surface area contributed by atoms with Gasteiger partial charge in [-0.05, 0) is 18.1 Å². The second kappa shape index (κ2) is 4.19. The smallest absolute Gasteiger partial charge is 0.226 e. The van der Waals surface area contributed by atoms with E-state index in [1.54, 1.807) is 6.20 Å². The van der Waals surface area contributed by atoms with Crippen LogP contribution in [0.2, 0.25) is 0 Å². The fourth-order valence-electron chi connectivity index (χ4n) is 2.70. The molecule has 0 fully saturated rings. The lowest BCUT2D eigenvalue weighted by atomic mass is 10.2. The maximum atomic E-state index is 4.62. The van der Waals surface area contributed by atoms with Gasteiger partial charge in [-0.2, -0.15) is 15.1 Å². The van der Waals surface area contributed by atoms with Crippen LogP contribution in [0.1, 0.15) is 5.56 Å². The van der Waals surface area contributed by atoms with Crippen molar-refractivity contribution < 1.29 is 0 Å². The molecule has 0 bridgehead atoms. The van der Waals surface area contributed by atoms with E-state index in [2.05, 4.69) is 54.6 Å². The summed E-state index contributed by atoms with van der Waals surface area (Å²) in [5.74, 6) is 1.50. The molecule has 0 saturated heterocycles. The molecule has 0 radical (unpaired) electrons. The van der Waals surface area contributed by atoms with E-state index >= 15 is 0 Å². The average molecular weight is 266 g/mol. The molecule has 3 heterocycles. The van der Waals surface area contributed by atoms with E-state index in [9.17, 15) is 0 Å². The topological polar surface area (TPSA) is 69.7 Å². The summed E-state index contributed by atoms with van der Waals surface area (Å²) in [4.78, 5) is 11.2. The molecule has 0 unspecified atom stereocenters. The monoisotopic (exact) mass is 266 g/mol. The molecule has 3 aromatic rings. The first-order chi connectivity index (χ1) is 9.86. The number of benzene rings is 1. The third-order valence-electron chi connectivity index (χ3n) is 3.66. The highest BCUT2D eigenvalue weighted by molar-refractivity contribution is 5.91. The van der Waals surface area contributed by atoms with Crippen molar-refractivity contribution >= 4 is 28.5 Å². The zero-order valence-electron chi connectivity index (χ0n) is 11.1. The number of hydrogen-bond donors (Lipinski definition) is 2. The molecule has 6 nitrogen and oxygen atoms in total. The van der Waals surface area contributed by atoms with Gasteiger partial charge in [0.1, 0.15) is 5.82 Å². The second-order valence-corrected chi connectivity index (χ2v) is 4.78. The molecule has 0 spiro atoms. The number of nitrogens with zero attached hydrogens (tertiary/aromatic N) is 4. The Kier molecular flexibility index (Phi) is 2.35. The zero-order valence-corrected chi connectivity index (χ0v) is 11.1. The second-order valence-electron chi connectivity index (χ2n) is 4.78. The Morgan fingerprint density at radius 1 is 1.25 bits per heavy atom. The Bertz CT molecular complexity index is 778. The Labute approximate surface area is 115 Å². The fraction of sp³-hybridized carbons (Fsp3) is 0.214. The van der Waals surface area contributed by atoms with E-state index in [0.717, 1.165) is 29.8 Å². The largest absolute Gasteiger partial charge is 0.357 e. The van der Waals surface area contributed by atoms with Crippen molar-refractivity contribution in [1.29, 1.82) is 0 Å². The summed E-state index contributed by atoms with van der Waals surface area (Å²) in [5.41, 5.74) is 3.33. The minimum absolute atomic E-state index is 0.598. The van der Waals surface area contributed by atoms with Gasteiger partial charge in [-0.1, -0.05) is 18.2 Å². The lowest BCUT2D eigenvalue weighted by Gasteiger charge is -2.19. The van der Waals surface area contributed by atoms with Gasteiger partial charge in [-0.25, -0.2) is 0 Å². The van der Waals surface area contributed by atoms with Crippen LogP contribution in [0.15, 0.2) is 30.5 Å². The van der Waals surface area contributed by atoms with Crippen molar-refractivity contribution in [2.45, 2.75) is 6.42 Å². The van der Waals surface area contributed by atoms with Crippen molar-refractivity contribution in [2.75, 3.05) is 23.8 Å². The normalized spacial score (nSPS) is 13.8. The summed E-state index contributed by atoms with van der Waals surface area (Å²) >= 11 is 0. The molecule has 0 saturated carbocycles. The molecule has 0 atom stereocenters. The quantitative estimate of drug-likeness (QED) is 0.743. The first-order valence-corrected chi connectivity index (χ1v) is 6.61. The van der Waals surface area contributed by atoms with Gasteiger partial charge in [0.05, 0.1) is 11.6 Å². The highest BCUT2D eigenvalue weighted by atomic mass is 15.3. The van der Waals surface area contributed by atoms with Crippen molar-refractivity contribution in [1.82, 2.24) is 20.2 Å². The van der Waals surface area contributed by atoms with E-state index in [1.165, 1.54) is 11.3 Å². The van der Waals surface area contributed by atoms with Gasteiger partial charge in [0.2, 0.25) is 5.95 Å². The number of rotatable bonds is 2. The van der Waals surface area contributed by atoms with Crippen LogP contribution in [-0.2, 0) is 6.42 Å². The SMILES string of the molecule is CNc1nc(N2CCc3ccccc32)c2cn[nH]c2n1. The van der Waals surface area contributed by atoms with Gasteiger partial charge in [-0.3, -0.25) is 5.10 Å². The number of nitrogens with one attached hydrogen (secondary N) is 2. The van der Waals surface area contributed by atoms with Crippen LogP contribution in [-0.4, -0.2) is 33.8 Å². The lowest BCUT2D eigenvalue weighted by molar-refractivity contribution is 0.975. The summed E-state index contributed by atoms with van der Waals surface area (Å²) < 4.78 is 0. The maximum Gasteiger partial charge on any atom is 0.226 e. The highest BCUT2D eigenvalue weighted by Gasteiger charge is 2.23. The molecule has 20 heavy (non-hydrogen) atoms.